The quantitative estimate of drug-likeness (QED) is 0.822. The van der Waals surface area contributed by atoms with Gasteiger partial charge in [0.15, 0.2) is 0 Å². The molecule has 1 saturated heterocycles. The number of nitrogens with zero attached hydrogens (tertiary/aromatic N) is 2. The Hall–Kier alpha value is -1.92. The third-order valence-corrected chi connectivity index (χ3v) is 6.59. The van der Waals surface area contributed by atoms with Crippen molar-refractivity contribution in [1.29, 1.82) is 0 Å². The lowest BCUT2D eigenvalue weighted by Crippen LogP contribution is -2.41. The van der Waals surface area contributed by atoms with Gasteiger partial charge in [-0.05, 0) is 56.0 Å². The highest BCUT2D eigenvalue weighted by Gasteiger charge is 2.31. The minimum Gasteiger partial charge on any atom is -0.493 e. The number of piperidine rings is 1. The van der Waals surface area contributed by atoms with Crippen LogP contribution in [-0.2, 0) is 10.0 Å². The van der Waals surface area contributed by atoms with Gasteiger partial charge in [0.1, 0.15) is 5.75 Å². The van der Waals surface area contributed by atoms with E-state index in [-0.39, 0.29) is 5.92 Å². The molecule has 0 saturated carbocycles. The highest BCUT2D eigenvalue weighted by molar-refractivity contribution is 7.89. The SMILES string of the molecule is Cc1ccc(C)c(S(=O)(=O)N2CCCC(COc3ccncc3)C2)c1. The molecule has 0 aliphatic carbocycles. The third kappa shape index (κ3) is 4.19. The van der Waals surface area contributed by atoms with E-state index < -0.39 is 10.0 Å². The normalized spacial score (nSPS) is 18.9. The average molecular weight is 360 g/mol. The Morgan fingerprint density at radius 1 is 1.20 bits per heavy atom. The number of aryl methyl sites for hydroxylation is 2. The fourth-order valence-corrected chi connectivity index (χ4v) is 5.02. The Balaban J connectivity index is 1.71. The number of aromatic nitrogens is 1. The average Bonchev–Trinajstić information content (AvgIpc) is 2.63. The molecular weight excluding hydrogens is 336 g/mol. The second kappa shape index (κ2) is 7.54. The second-order valence-corrected chi connectivity index (χ2v) is 8.54. The van der Waals surface area contributed by atoms with Crippen LogP contribution in [0.1, 0.15) is 24.0 Å². The van der Waals surface area contributed by atoms with Crippen molar-refractivity contribution in [3.63, 3.8) is 0 Å². The van der Waals surface area contributed by atoms with Gasteiger partial charge >= 0.3 is 0 Å². The van der Waals surface area contributed by atoms with Crippen molar-refractivity contribution in [2.24, 2.45) is 5.92 Å². The van der Waals surface area contributed by atoms with Crippen molar-refractivity contribution in [3.05, 3.63) is 53.9 Å². The summed E-state index contributed by atoms with van der Waals surface area (Å²) in [5.41, 5.74) is 1.75. The van der Waals surface area contributed by atoms with Crippen LogP contribution in [0.15, 0.2) is 47.6 Å². The molecule has 3 rings (SSSR count). The van der Waals surface area contributed by atoms with Crippen molar-refractivity contribution in [1.82, 2.24) is 9.29 Å². The molecule has 1 atom stereocenters. The predicted octanol–water partition coefficient (Wildman–Crippen LogP) is 3.18. The van der Waals surface area contributed by atoms with Gasteiger partial charge in [-0.15, -0.1) is 0 Å². The van der Waals surface area contributed by atoms with Crippen LogP contribution >= 0.6 is 0 Å². The maximum atomic E-state index is 13.1. The summed E-state index contributed by atoms with van der Waals surface area (Å²) in [6, 6.07) is 9.20. The van der Waals surface area contributed by atoms with E-state index in [1.54, 1.807) is 22.8 Å². The molecule has 0 radical (unpaired) electrons. The van der Waals surface area contributed by atoms with Gasteiger partial charge in [0.2, 0.25) is 10.0 Å². The van der Waals surface area contributed by atoms with Gasteiger partial charge in [-0.25, -0.2) is 8.42 Å². The fraction of sp³-hybridized carbons (Fsp3) is 0.421. The molecule has 1 aromatic carbocycles. The molecule has 2 heterocycles. The molecule has 134 valence electrons. The van der Waals surface area contributed by atoms with Gasteiger partial charge in [-0.1, -0.05) is 12.1 Å². The Labute approximate surface area is 149 Å². The van der Waals surface area contributed by atoms with E-state index in [2.05, 4.69) is 4.98 Å². The van der Waals surface area contributed by atoms with Crippen molar-refractivity contribution in [3.8, 4) is 5.75 Å². The molecule has 0 N–H and O–H groups in total. The smallest absolute Gasteiger partial charge is 0.243 e. The standard InChI is InChI=1S/C19H24N2O3S/c1-15-5-6-16(2)19(12-15)25(22,23)21-11-3-4-17(13-21)14-24-18-7-9-20-10-8-18/h5-10,12,17H,3-4,11,13-14H2,1-2H3. The van der Waals surface area contributed by atoms with Gasteiger partial charge < -0.3 is 4.74 Å². The first-order chi connectivity index (χ1) is 12.0. The molecule has 1 aromatic heterocycles. The molecule has 0 bridgehead atoms. The molecule has 25 heavy (non-hydrogen) atoms. The summed E-state index contributed by atoms with van der Waals surface area (Å²) in [7, 11) is -3.46. The van der Waals surface area contributed by atoms with Crippen molar-refractivity contribution >= 4 is 10.0 Å². The van der Waals surface area contributed by atoms with Gasteiger partial charge in [-0.2, -0.15) is 4.31 Å². The molecule has 0 amide bonds. The topological polar surface area (TPSA) is 59.5 Å². The predicted molar refractivity (Wildman–Crippen MR) is 97.1 cm³/mol. The largest absolute Gasteiger partial charge is 0.493 e. The Bertz CT molecular complexity index is 822. The van der Waals surface area contributed by atoms with E-state index in [1.807, 2.05) is 38.1 Å². The monoisotopic (exact) mass is 360 g/mol. The summed E-state index contributed by atoms with van der Waals surface area (Å²) in [5.74, 6) is 0.964. The van der Waals surface area contributed by atoms with Crippen LogP contribution in [0.2, 0.25) is 0 Å². The van der Waals surface area contributed by atoms with Crippen molar-refractivity contribution in [2.45, 2.75) is 31.6 Å². The first-order valence-electron chi connectivity index (χ1n) is 8.57. The Morgan fingerprint density at radius 2 is 1.96 bits per heavy atom. The lowest BCUT2D eigenvalue weighted by atomic mass is 10.0. The van der Waals surface area contributed by atoms with E-state index >= 15 is 0 Å². The number of pyridine rings is 1. The van der Waals surface area contributed by atoms with Crippen molar-refractivity contribution < 1.29 is 13.2 Å². The Morgan fingerprint density at radius 3 is 2.72 bits per heavy atom. The molecule has 1 fully saturated rings. The van der Waals surface area contributed by atoms with Crippen LogP contribution in [0.25, 0.3) is 0 Å². The van der Waals surface area contributed by atoms with Crippen LogP contribution in [-0.4, -0.2) is 37.4 Å². The lowest BCUT2D eigenvalue weighted by molar-refractivity contribution is 0.180. The van der Waals surface area contributed by atoms with Crippen LogP contribution in [0.3, 0.4) is 0 Å². The van der Waals surface area contributed by atoms with E-state index in [0.717, 1.165) is 29.7 Å². The van der Waals surface area contributed by atoms with E-state index in [4.69, 9.17) is 4.74 Å². The molecule has 5 nitrogen and oxygen atoms in total. The van der Waals surface area contributed by atoms with Gasteiger partial charge in [0.05, 0.1) is 11.5 Å². The number of ether oxygens (including phenoxy) is 1. The van der Waals surface area contributed by atoms with Crippen molar-refractivity contribution in [2.75, 3.05) is 19.7 Å². The first-order valence-corrected chi connectivity index (χ1v) is 10.0. The number of benzene rings is 1. The zero-order valence-corrected chi connectivity index (χ0v) is 15.5. The van der Waals surface area contributed by atoms with E-state index in [1.165, 1.54) is 0 Å². The van der Waals surface area contributed by atoms with E-state index in [9.17, 15) is 8.42 Å². The minimum atomic E-state index is -3.46. The lowest BCUT2D eigenvalue weighted by Gasteiger charge is -2.32. The van der Waals surface area contributed by atoms with Gasteiger partial charge in [0, 0.05) is 31.4 Å². The van der Waals surface area contributed by atoms with Gasteiger partial charge in [-0.3, -0.25) is 4.98 Å². The van der Waals surface area contributed by atoms with Gasteiger partial charge in [0.25, 0.3) is 0 Å². The van der Waals surface area contributed by atoms with Crippen LogP contribution in [0.5, 0.6) is 5.75 Å². The highest BCUT2D eigenvalue weighted by atomic mass is 32.2. The number of hydrogen-bond acceptors (Lipinski definition) is 4. The molecule has 1 aliphatic rings. The Kier molecular flexibility index (Phi) is 5.39. The molecule has 0 spiro atoms. The molecule has 2 aromatic rings. The third-order valence-electron chi connectivity index (χ3n) is 4.58. The molecule has 1 unspecified atom stereocenters. The summed E-state index contributed by atoms with van der Waals surface area (Å²) in [4.78, 5) is 4.39. The zero-order valence-electron chi connectivity index (χ0n) is 14.7. The summed E-state index contributed by atoms with van der Waals surface area (Å²) in [5, 5.41) is 0. The van der Waals surface area contributed by atoms with Crippen LogP contribution < -0.4 is 4.74 Å². The zero-order chi connectivity index (χ0) is 17.9. The van der Waals surface area contributed by atoms with Crippen LogP contribution in [0, 0.1) is 19.8 Å². The summed E-state index contributed by atoms with van der Waals surface area (Å²) >= 11 is 0. The number of hydrogen-bond donors (Lipinski definition) is 0. The highest BCUT2D eigenvalue weighted by Crippen LogP contribution is 2.26. The van der Waals surface area contributed by atoms with E-state index in [0.29, 0.717) is 24.6 Å². The molecule has 6 heteroatoms. The summed E-state index contributed by atoms with van der Waals surface area (Å²) in [6.45, 7) is 5.35. The molecular formula is C19H24N2O3S. The maximum absolute atomic E-state index is 13.1. The second-order valence-electron chi connectivity index (χ2n) is 6.63. The summed E-state index contributed by atoms with van der Waals surface area (Å²) in [6.07, 6.45) is 5.21. The number of rotatable bonds is 5. The maximum Gasteiger partial charge on any atom is 0.243 e. The minimum absolute atomic E-state index is 0.196. The molecule has 1 aliphatic heterocycles. The fourth-order valence-electron chi connectivity index (χ4n) is 3.15. The first kappa shape index (κ1) is 17.9. The van der Waals surface area contributed by atoms with Crippen LogP contribution in [0.4, 0.5) is 0 Å². The number of sulfonamides is 1. The summed E-state index contributed by atoms with van der Waals surface area (Å²) < 4.78 is 33.5.